The van der Waals surface area contributed by atoms with Gasteiger partial charge in [0.25, 0.3) is 0 Å². The first kappa shape index (κ1) is 15.9. The minimum Gasteiger partial charge on any atom is -0.385 e. The number of hydrogen-bond acceptors (Lipinski definition) is 4. The van der Waals surface area contributed by atoms with Crippen molar-refractivity contribution in [2.24, 2.45) is 11.1 Å². The Labute approximate surface area is 112 Å². The molecule has 1 fully saturated rings. The van der Waals surface area contributed by atoms with Gasteiger partial charge in [0.2, 0.25) is 0 Å². The lowest BCUT2D eigenvalue weighted by Gasteiger charge is -2.45. The maximum Gasteiger partial charge on any atom is 0.0589 e. The van der Waals surface area contributed by atoms with E-state index in [-0.39, 0.29) is 5.54 Å². The molecular formula is C14H30N2O2. The number of rotatable bonds is 10. The SMILES string of the molecule is COCCCN(CCOC)C(C)(CN)C1(C)CC1. The minimum absolute atomic E-state index is 0.0826. The second-order valence-electron chi connectivity index (χ2n) is 5.86. The Balaban J connectivity index is 2.65. The Kier molecular flexibility index (Phi) is 6.05. The second-order valence-corrected chi connectivity index (χ2v) is 5.86. The number of ether oxygens (including phenoxy) is 2. The monoisotopic (exact) mass is 258 g/mol. The third kappa shape index (κ3) is 3.44. The lowest BCUT2D eigenvalue weighted by molar-refractivity contribution is 0.0195. The first-order valence-corrected chi connectivity index (χ1v) is 6.97. The molecule has 0 amide bonds. The third-order valence-corrected chi connectivity index (χ3v) is 4.74. The molecule has 1 saturated carbocycles. The first-order valence-electron chi connectivity index (χ1n) is 6.97. The topological polar surface area (TPSA) is 47.7 Å². The molecule has 0 radical (unpaired) electrons. The summed E-state index contributed by atoms with van der Waals surface area (Å²) in [5.41, 5.74) is 6.56. The summed E-state index contributed by atoms with van der Waals surface area (Å²) >= 11 is 0. The zero-order chi connectivity index (χ0) is 13.6. The standard InChI is InChI=1S/C14H30N2O2/c1-13(6-7-13)14(2,12-15)16(9-11-18-4)8-5-10-17-3/h5-12,15H2,1-4H3. The van der Waals surface area contributed by atoms with Gasteiger partial charge < -0.3 is 15.2 Å². The van der Waals surface area contributed by atoms with Crippen molar-refractivity contribution >= 4 is 0 Å². The zero-order valence-electron chi connectivity index (χ0n) is 12.5. The van der Waals surface area contributed by atoms with Crippen LogP contribution in [0.3, 0.4) is 0 Å². The highest BCUT2D eigenvalue weighted by atomic mass is 16.5. The third-order valence-electron chi connectivity index (χ3n) is 4.74. The van der Waals surface area contributed by atoms with Crippen LogP contribution in [0.1, 0.15) is 33.1 Å². The van der Waals surface area contributed by atoms with Crippen molar-refractivity contribution in [1.82, 2.24) is 4.90 Å². The van der Waals surface area contributed by atoms with E-state index in [4.69, 9.17) is 15.2 Å². The van der Waals surface area contributed by atoms with Gasteiger partial charge in [0, 0.05) is 46.0 Å². The van der Waals surface area contributed by atoms with Gasteiger partial charge in [0.15, 0.2) is 0 Å². The number of nitrogens with two attached hydrogens (primary N) is 1. The predicted octanol–water partition coefficient (Wildman–Crippen LogP) is 1.49. The van der Waals surface area contributed by atoms with Crippen molar-refractivity contribution in [3.05, 3.63) is 0 Å². The van der Waals surface area contributed by atoms with Crippen molar-refractivity contribution in [1.29, 1.82) is 0 Å². The molecule has 0 saturated heterocycles. The molecule has 2 N–H and O–H groups in total. The molecule has 0 heterocycles. The minimum atomic E-state index is 0.0826. The van der Waals surface area contributed by atoms with Crippen molar-refractivity contribution in [2.45, 2.75) is 38.6 Å². The molecule has 4 nitrogen and oxygen atoms in total. The molecule has 0 spiro atoms. The number of methoxy groups -OCH3 is 2. The normalized spacial score (nSPS) is 21.0. The lowest BCUT2D eigenvalue weighted by Crippen LogP contribution is -2.58. The van der Waals surface area contributed by atoms with E-state index in [0.29, 0.717) is 12.0 Å². The quantitative estimate of drug-likeness (QED) is 0.603. The molecule has 0 aromatic carbocycles. The molecule has 1 atom stereocenters. The number of hydrogen-bond donors (Lipinski definition) is 1. The van der Waals surface area contributed by atoms with E-state index in [1.54, 1.807) is 14.2 Å². The predicted molar refractivity (Wildman–Crippen MR) is 74.7 cm³/mol. The van der Waals surface area contributed by atoms with Gasteiger partial charge >= 0.3 is 0 Å². The second kappa shape index (κ2) is 6.85. The average molecular weight is 258 g/mol. The lowest BCUT2D eigenvalue weighted by atomic mass is 9.82. The molecule has 108 valence electrons. The van der Waals surface area contributed by atoms with Crippen LogP contribution in [0, 0.1) is 5.41 Å². The summed E-state index contributed by atoms with van der Waals surface area (Å²) in [5, 5.41) is 0. The summed E-state index contributed by atoms with van der Waals surface area (Å²) in [4.78, 5) is 2.50. The van der Waals surface area contributed by atoms with Crippen molar-refractivity contribution in [3.63, 3.8) is 0 Å². The first-order chi connectivity index (χ1) is 8.54. The van der Waals surface area contributed by atoms with Crippen LogP contribution in [0.5, 0.6) is 0 Å². The van der Waals surface area contributed by atoms with E-state index < -0.39 is 0 Å². The number of nitrogens with zero attached hydrogens (tertiary/aromatic N) is 1. The van der Waals surface area contributed by atoms with E-state index in [1.165, 1.54) is 12.8 Å². The zero-order valence-corrected chi connectivity index (χ0v) is 12.5. The molecule has 1 aliphatic rings. The molecular weight excluding hydrogens is 228 g/mol. The molecule has 1 aliphatic carbocycles. The van der Waals surface area contributed by atoms with Gasteiger partial charge in [0.1, 0.15) is 0 Å². The molecule has 0 bridgehead atoms. The summed E-state index contributed by atoms with van der Waals surface area (Å²) in [6.07, 6.45) is 3.62. The summed E-state index contributed by atoms with van der Waals surface area (Å²) in [7, 11) is 3.51. The fourth-order valence-electron chi connectivity index (χ4n) is 2.69. The maximum absolute atomic E-state index is 6.10. The molecule has 4 heteroatoms. The Morgan fingerprint density at radius 2 is 1.78 bits per heavy atom. The molecule has 1 rings (SSSR count). The highest BCUT2D eigenvalue weighted by molar-refractivity contribution is 5.09. The van der Waals surface area contributed by atoms with Gasteiger partial charge in [-0.25, -0.2) is 0 Å². The van der Waals surface area contributed by atoms with Crippen LogP contribution in [-0.2, 0) is 9.47 Å². The highest BCUT2D eigenvalue weighted by Crippen LogP contribution is 2.55. The van der Waals surface area contributed by atoms with Gasteiger partial charge in [-0.05, 0) is 31.6 Å². The summed E-state index contributed by atoms with van der Waals surface area (Å²) in [6.45, 7) is 8.92. The Morgan fingerprint density at radius 3 is 2.22 bits per heavy atom. The van der Waals surface area contributed by atoms with E-state index >= 15 is 0 Å². The van der Waals surface area contributed by atoms with Gasteiger partial charge in [-0.3, -0.25) is 4.90 Å². The van der Waals surface area contributed by atoms with E-state index in [0.717, 1.165) is 32.7 Å². The molecule has 1 unspecified atom stereocenters. The van der Waals surface area contributed by atoms with Gasteiger partial charge in [-0.1, -0.05) is 6.92 Å². The van der Waals surface area contributed by atoms with Crippen LogP contribution < -0.4 is 5.73 Å². The Hall–Kier alpha value is -0.160. The van der Waals surface area contributed by atoms with Gasteiger partial charge in [0.05, 0.1) is 6.61 Å². The van der Waals surface area contributed by atoms with Gasteiger partial charge in [-0.15, -0.1) is 0 Å². The smallest absolute Gasteiger partial charge is 0.0589 e. The Morgan fingerprint density at radius 1 is 1.17 bits per heavy atom. The van der Waals surface area contributed by atoms with E-state index in [2.05, 4.69) is 18.7 Å². The van der Waals surface area contributed by atoms with Crippen LogP contribution in [0.15, 0.2) is 0 Å². The van der Waals surface area contributed by atoms with Crippen LogP contribution in [0.25, 0.3) is 0 Å². The Bertz CT molecular complexity index is 244. The van der Waals surface area contributed by atoms with Crippen LogP contribution >= 0.6 is 0 Å². The summed E-state index contributed by atoms with van der Waals surface area (Å²) < 4.78 is 10.4. The largest absolute Gasteiger partial charge is 0.385 e. The van der Waals surface area contributed by atoms with E-state index in [9.17, 15) is 0 Å². The van der Waals surface area contributed by atoms with Crippen LogP contribution in [-0.4, -0.2) is 57.5 Å². The summed E-state index contributed by atoms with van der Waals surface area (Å²) in [5.74, 6) is 0. The highest BCUT2D eigenvalue weighted by Gasteiger charge is 2.54. The van der Waals surface area contributed by atoms with Crippen LogP contribution in [0.2, 0.25) is 0 Å². The molecule has 0 aromatic heterocycles. The molecule has 18 heavy (non-hydrogen) atoms. The average Bonchev–Trinajstić information content (AvgIpc) is 3.12. The van der Waals surface area contributed by atoms with Gasteiger partial charge in [-0.2, -0.15) is 0 Å². The van der Waals surface area contributed by atoms with Crippen molar-refractivity contribution < 1.29 is 9.47 Å². The molecule has 0 aromatic rings. The fourth-order valence-corrected chi connectivity index (χ4v) is 2.69. The van der Waals surface area contributed by atoms with Crippen molar-refractivity contribution in [3.8, 4) is 0 Å². The summed E-state index contributed by atoms with van der Waals surface area (Å²) in [6, 6.07) is 0. The van der Waals surface area contributed by atoms with Crippen LogP contribution in [0.4, 0.5) is 0 Å². The van der Waals surface area contributed by atoms with E-state index in [1.807, 2.05) is 0 Å². The molecule has 0 aliphatic heterocycles. The van der Waals surface area contributed by atoms with Crippen molar-refractivity contribution in [2.75, 3.05) is 47.1 Å². The fraction of sp³-hybridized carbons (Fsp3) is 1.00. The maximum atomic E-state index is 6.10.